The zero-order valence-corrected chi connectivity index (χ0v) is 4.67. The number of quaternary nitrogens is 1. The molecule has 8 heavy (non-hydrogen) atoms. The molecule has 0 unspecified atom stereocenters. The molecule has 0 aromatic rings. The zero-order valence-electron chi connectivity index (χ0n) is 4.67. The molecule has 1 heterocycles. The van der Waals surface area contributed by atoms with Gasteiger partial charge in [0.2, 0.25) is 0 Å². The van der Waals surface area contributed by atoms with Crippen LogP contribution in [0.4, 0.5) is 0 Å². The van der Waals surface area contributed by atoms with Crippen molar-refractivity contribution in [2.75, 3.05) is 13.1 Å². The van der Waals surface area contributed by atoms with Gasteiger partial charge in [0.05, 0.1) is 13.1 Å². The maximum Gasteiger partial charge on any atom is 0.301 e. The summed E-state index contributed by atoms with van der Waals surface area (Å²) in [7, 11) is 0. The summed E-state index contributed by atoms with van der Waals surface area (Å²) in [5.41, 5.74) is 0. The Labute approximate surface area is 48.1 Å². The number of carbonyl (C=O) groups excluding carboxylic acids is 1. The highest BCUT2D eigenvalue weighted by Crippen LogP contribution is 2.13. The molecule has 0 aromatic heterocycles. The summed E-state index contributed by atoms with van der Waals surface area (Å²) in [6.07, 6.45) is 2.30. The monoisotopic (exact) mass is 115 g/mol. The maximum atomic E-state index is 10.8. The van der Waals surface area contributed by atoms with E-state index in [1.54, 1.807) is 0 Å². The predicted octanol–water partition coefficient (Wildman–Crippen LogP) is 0.251. The molecule has 1 aliphatic heterocycles. The van der Waals surface area contributed by atoms with Gasteiger partial charge in [0.25, 0.3) is 0 Å². The fourth-order valence-corrected chi connectivity index (χ4v) is 0.976. The Kier molecular flexibility index (Phi) is 1.31. The molecule has 1 rings (SSSR count). The van der Waals surface area contributed by atoms with Crippen LogP contribution in [0.1, 0.15) is 12.8 Å². The van der Waals surface area contributed by atoms with Crippen molar-refractivity contribution in [3.63, 3.8) is 0 Å². The predicted molar refractivity (Wildman–Crippen MR) is 28.7 cm³/mol. The summed E-state index contributed by atoms with van der Waals surface area (Å²) in [5.74, 6) is 0. The largest absolute Gasteiger partial charge is 0.625 e. The summed E-state index contributed by atoms with van der Waals surface area (Å²) in [6, 6.07) is 0. The molecule has 1 saturated heterocycles. The Morgan fingerprint density at radius 1 is 1.38 bits per heavy atom. The molecule has 0 spiro atoms. The van der Waals surface area contributed by atoms with Gasteiger partial charge in [-0.1, -0.05) is 0 Å². The van der Waals surface area contributed by atoms with Crippen LogP contribution >= 0.6 is 0 Å². The van der Waals surface area contributed by atoms with Crippen molar-refractivity contribution in [3.8, 4) is 0 Å². The van der Waals surface area contributed by atoms with Gasteiger partial charge in [0.1, 0.15) is 0 Å². The lowest BCUT2D eigenvalue weighted by molar-refractivity contribution is -0.780. The molecule has 1 aliphatic rings. The second-order valence-corrected chi connectivity index (χ2v) is 2.21. The lowest BCUT2D eigenvalue weighted by atomic mass is 10.4. The first-order valence-electron chi connectivity index (χ1n) is 2.81. The topological polar surface area (TPSA) is 40.1 Å². The second-order valence-electron chi connectivity index (χ2n) is 2.21. The van der Waals surface area contributed by atoms with Gasteiger partial charge >= 0.3 is 6.41 Å². The molecule has 0 aromatic carbocycles. The molecule has 3 nitrogen and oxygen atoms in total. The van der Waals surface area contributed by atoms with Gasteiger partial charge in [-0.15, -0.1) is 0 Å². The van der Waals surface area contributed by atoms with Crippen LogP contribution in [0, 0.1) is 5.21 Å². The third kappa shape index (κ3) is 0.877. The van der Waals surface area contributed by atoms with Gasteiger partial charge in [-0.3, -0.25) is 0 Å². The van der Waals surface area contributed by atoms with Crippen LogP contribution in [0.5, 0.6) is 0 Å². The quantitative estimate of drug-likeness (QED) is 0.279. The lowest BCUT2D eigenvalue weighted by Gasteiger charge is -2.29. The van der Waals surface area contributed by atoms with Crippen molar-refractivity contribution >= 4 is 6.41 Å². The average molecular weight is 115 g/mol. The molecule has 0 atom stereocenters. The molecule has 0 radical (unpaired) electrons. The number of hydrogen-bond acceptors (Lipinski definition) is 2. The minimum absolute atomic E-state index is 0.490. The first-order valence-corrected chi connectivity index (χ1v) is 2.81. The summed E-state index contributed by atoms with van der Waals surface area (Å²) >= 11 is 0. The van der Waals surface area contributed by atoms with E-state index in [0.717, 1.165) is 12.8 Å². The van der Waals surface area contributed by atoms with E-state index in [2.05, 4.69) is 0 Å². The van der Waals surface area contributed by atoms with Crippen molar-refractivity contribution in [1.29, 1.82) is 0 Å². The maximum absolute atomic E-state index is 10.8. The number of carbonyl (C=O) groups is 1. The SMILES string of the molecule is O=C[N+]1([O-])CCCC1. The third-order valence-electron chi connectivity index (χ3n) is 1.52. The number of hydrogen-bond donors (Lipinski definition) is 0. The van der Waals surface area contributed by atoms with Gasteiger partial charge in [-0.25, -0.2) is 4.79 Å². The average Bonchev–Trinajstić information content (AvgIpc) is 2.17. The van der Waals surface area contributed by atoms with E-state index in [1.807, 2.05) is 0 Å². The standard InChI is InChI=1S/C5H9NO2/c7-5-6(8)3-1-2-4-6/h5H,1-4H2. The van der Waals surface area contributed by atoms with Crippen molar-refractivity contribution in [1.82, 2.24) is 0 Å². The smallest absolute Gasteiger partial charge is 0.301 e. The van der Waals surface area contributed by atoms with E-state index in [4.69, 9.17) is 0 Å². The van der Waals surface area contributed by atoms with Crippen LogP contribution < -0.4 is 0 Å². The van der Waals surface area contributed by atoms with Gasteiger partial charge in [-0.2, -0.15) is 0 Å². The fraction of sp³-hybridized carbons (Fsp3) is 0.800. The second kappa shape index (κ2) is 1.84. The van der Waals surface area contributed by atoms with Crippen LogP contribution in [-0.2, 0) is 4.79 Å². The Hall–Kier alpha value is -0.410. The van der Waals surface area contributed by atoms with E-state index >= 15 is 0 Å². The van der Waals surface area contributed by atoms with E-state index in [9.17, 15) is 10.0 Å². The number of rotatable bonds is 1. The molecular weight excluding hydrogens is 106 g/mol. The highest BCUT2D eigenvalue weighted by molar-refractivity contribution is 5.37. The minimum Gasteiger partial charge on any atom is -0.625 e. The lowest BCUT2D eigenvalue weighted by Crippen LogP contribution is -2.36. The molecule has 1 fully saturated rings. The third-order valence-corrected chi connectivity index (χ3v) is 1.52. The fourth-order valence-electron chi connectivity index (χ4n) is 0.976. The van der Waals surface area contributed by atoms with Crippen molar-refractivity contribution in [2.45, 2.75) is 12.8 Å². The van der Waals surface area contributed by atoms with Gasteiger partial charge < -0.3 is 9.85 Å². The Bertz CT molecular complexity index is 96.6. The van der Waals surface area contributed by atoms with Crippen molar-refractivity contribution in [2.24, 2.45) is 0 Å². The molecule has 0 saturated carbocycles. The van der Waals surface area contributed by atoms with Crippen LogP contribution in [0.2, 0.25) is 0 Å². The van der Waals surface area contributed by atoms with E-state index < -0.39 is 4.65 Å². The molecule has 0 aliphatic carbocycles. The van der Waals surface area contributed by atoms with E-state index in [1.165, 1.54) is 0 Å². The molecular formula is C5H9NO2. The summed E-state index contributed by atoms with van der Waals surface area (Å²) in [5, 5.41) is 10.8. The molecule has 0 bridgehead atoms. The highest BCUT2D eigenvalue weighted by atomic mass is 16.6. The van der Waals surface area contributed by atoms with Crippen molar-refractivity contribution in [3.05, 3.63) is 5.21 Å². The molecule has 0 N–H and O–H groups in total. The van der Waals surface area contributed by atoms with Crippen LogP contribution in [0.25, 0.3) is 0 Å². The van der Waals surface area contributed by atoms with E-state index in [-0.39, 0.29) is 0 Å². The number of amides is 1. The molecule has 3 heteroatoms. The van der Waals surface area contributed by atoms with Crippen LogP contribution in [0.15, 0.2) is 0 Å². The number of hydroxylamine groups is 3. The van der Waals surface area contributed by atoms with Crippen molar-refractivity contribution < 1.29 is 9.44 Å². The summed E-state index contributed by atoms with van der Waals surface area (Å²) < 4.78 is -0.611. The normalized spacial score (nSPS) is 25.6. The molecule has 46 valence electrons. The Morgan fingerprint density at radius 2 is 1.88 bits per heavy atom. The van der Waals surface area contributed by atoms with Gasteiger partial charge in [-0.05, 0) is 0 Å². The summed E-state index contributed by atoms with van der Waals surface area (Å²) in [4.78, 5) is 9.99. The molecule has 1 amide bonds. The van der Waals surface area contributed by atoms with Crippen LogP contribution in [0.3, 0.4) is 0 Å². The summed E-state index contributed by atoms with van der Waals surface area (Å²) in [6.45, 7) is 0.979. The number of nitrogens with zero attached hydrogens (tertiary/aromatic N) is 1. The minimum atomic E-state index is -0.611. The highest BCUT2D eigenvalue weighted by Gasteiger charge is 2.21. The first-order chi connectivity index (χ1) is 3.77. The van der Waals surface area contributed by atoms with Gasteiger partial charge in [0.15, 0.2) is 0 Å². The van der Waals surface area contributed by atoms with Gasteiger partial charge in [0, 0.05) is 12.8 Å². The zero-order chi connectivity index (χ0) is 6.04. The van der Waals surface area contributed by atoms with Crippen LogP contribution in [-0.4, -0.2) is 24.1 Å². The Balaban J connectivity index is 2.52. The number of likely N-dealkylation sites (tertiary alicyclic amines) is 1. The first kappa shape index (κ1) is 5.72. The Morgan fingerprint density at radius 3 is 2.12 bits per heavy atom. The van der Waals surface area contributed by atoms with E-state index in [0.29, 0.717) is 19.5 Å².